The van der Waals surface area contributed by atoms with Crippen LogP contribution in [0.25, 0.3) is 17.1 Å². The van der Waals surface area contributed by atoms with Crippen molar-refractivity contribution >= 4 is 23.4 Å². The van der Waals surface area contributed by atoms with Crippen LogP contribution in [0.4, 0.5) is 10.1 Å². The van der Waals surface area contributed by atoms with Gasteiger partial charge in [-0.25, -0.2) is 4.39 Å². The van der Waals surface area contributed by atoms with Gasteiger partial charge in [0.1, 0.15) is 11.6 Å². The number of thioether (sulfide) groups is 1. The first-order valence-electron chi connectivity index (χ1n) is 9.32. The number of methoxy groups -OCH3 is 1. The second-order valence-corrected chi connectivity index (χ2v) is 7.37. The van der Waals surface area contributed by atoms with Crippen molar-refractivity contribution < 1.29 is 13.9 Å². The Morgan fingerprint density at radius 3 is 2.68 bits per heavy atom. The number of ether oxygens (including phenoxy) is 1. The van der Waals surface area contributed by atoms with Crippen LogP contribution in [0.2, 0.25) is 0 Å². The zero-order chi connectivity index (χ0) is 21.6. The van der Waals surface area contributed by atoms with Crippen molar-refractivity contribution in [3.63, 3.8) is 0 Å². The molecule has 156 valence electrons. The molecule has 0 spiro atoms. The molecule has 0 aliphatic rings. The maximum atomic E-state index is 13.3. The van der Waals surface area contributed by atoms with Crippen LogP contribution in [-0.2, 0) is 4.79 Å². The van der Waals surface area contributed by atoms with Crippen molar-refractivity contribution in [2.75, 3.05) is 18.2 Å². The molecule has 2 heterocycles. The maximum absolute atomic E-state index is 13.3. The first-order chi connectivity index (χ1) is 15.1. The molecule has 0 fully saturated rings. The van der Waals surface area contributed by atoms with Gasteiger partial charge in [0.2, 0.25) is 5.91 Å². The molecule has 0 saturated heterocycles. The van der Waals surface area contributed by atoms with Crippen molar-refractivity contribution in [2.45, 2.75) is 5.16 Å². The number of amides is 1. The average Bonchev–Trinajstić information content (AvgIpc) is 3.22. The summed E-state index contributed by atoms with van der Waals surface area (Å²) in [6, 6.07) is 16.9. The minimum atomic E-state index is -0.412. The number of carbonyl (C=O) groups is 1. The fourth-order valence-electron chi connectivity index (χ4n) is 2.93. The number of anilines is 1. The fraction of sp³-hybridized carbons (Fsp3) is 0.0909. The summed E-state index contributed by atoms with van der Waals surface area (Å²) >= 11 is 1.23. The monoisotopic (exact) mass is 435 g/mol. The van der Waals surface area contributed by atoms with Crippen LogP contribution in [0.5, 0.6) is 5.75 Å². The molecule has 2 aromatic carbocycles. The Balaban J connectivity index is 1.61. The average molecular weight is 435 g/mol. The van der Waals surface area contributed by atoms with Gasteiger partial charge in [0.05, 0.1) is 18.6 Å². The largest absolute Gasteiger partial charge is 0.497 e. The Bertz CT molecular complexity index is 1200. The van der Waals surface area contributed by atoms with E-state index in [1.54, 1.807) is 31.6 Å². The molecule has 4 rings (SSSR count). The van der Waals surface area contributed by atoms with Crippen molar-refractivity contribution in [1.29, 1.82) is 0 Å². The summed E-state index contributed by atoms with van der Waals surface area (Å²) in [6.45, 7) is 0. The van der Waals surface area contributed by atoms with E-state index < -0.39 is 5.82 Å². The molecule has 7 nitrogen and oxygen atoms in total. The van der Waals surface area contributed by atoms with Crippen molar-refractivity contribution in [1.82, 2.24) is 19.7 Å². The molecule has 0 bridgehead atoms. The zero-order valence-corrected chi connectivity index (χ0v) is 17.3. The van der Waals surface area contributed by atoms with E-state index in [9.17, 15) is 9.18 Å². The molecule has 0 atom stereocenters. The highest BCUT2D eigenvalue weighted by atomic mass is 32.2. The quantitative estimate of drug-likeness (QED) is 0.438. The molecular formula is C22H18FN5O2S. The minimum absolute atomic E-state index is 0.0783. The summed E-state index contributed by atoms with van der Waals surface area (Å²) in [7, 11) is 1.60. The highest BCUT2D eigenvalue weighted by Gasteiger charge is 2.18. The van der Waals surface area contributed by atoms with Crippen LogP contribution in [0, 0.1) is 5.82 Å². The number of pyridine rings is 1. The van der Waals surface area contributed by atoms with Crippen LogP contribution in [0.3, 0.4) is 0 Å². The third kappa shape index (κ3) is 4.89. The molecule has 0 saturated carbocycles. The third-order valence-electron chi connectivity index (χ3n) is 4.32. The van der Waals surface area contributed by atoms with Crippen molar-refractivity contribution in [3.05, 3.63) is 78.9 Å². The van der Waals surface area contributed by atoms with Crippen LogP contribution in [-0.4, -0.2) is 38.5 Å². The lowest BCUT2D eigenvalue weighted by atomic mass is 10.2. The molecule has 2 aromatic heterocycles. The van der Waals surface area contributed by atoms with E-state index in [0.29, 0.717) is 22.4 Å². The molecule has 9 heteroatoms. The van der Waals surface area contributed by atoms with E-state index in [1.165, 1.54) is 23.9 Å². The van der Waals surface area contributed by atoms with Gasteiger partial charge in [0.25, 0.3) is 0 Å². The lowest BCUT2D eigenvalue weighted by Crippen LogP contribution is -2.14. The Morgan fingerprint density at radius 1 is 1.10 bits per heavy atom. The molecule has 1 amide bonds. The zero-order valence-electron chi connectivity index (χ0n) is 16.5. The van der Waals surface area contributed by atoms with Gasteiger partial charge in [-0.05, 0) is 42.5 Å². The van der Waals surface area contributed by atoms with E-state index >= 15 is 0 Å². The van der Waals surface area contributed by atoms with Crippen LogP contribution >= 0.6 is 11.8 Å². The third-order valence-corrected chi connectivity index (χ3v) is 5.25. The summed E-state index contributed by atoms with van der Waals surface area (Å²) in [5.74, 6) is 0.691. The van der Waals surface area contributed by atoms with Gasteiger partial charge in [-0.3, -0.25) is 14.3 Å². The van der Waals surface area contributed by atoms with Gasteiger partial charge in [-0.15, -0.1) is 10.2 Å². The molecule has 0 radical (unpaired) electrons. The molecule has 4 aromatic rings. The highest BCUT2D eigenvalue weighted by Crippen LogP contribution is 2.29. The Kier molecular flexibility index (Phi) is 6.23. The molecule has 0 aliphatic heterocycles. The van der Waals surface area contributed by atoms with Gasteiger partial charge in [0.15, 0.2) is 11.0 Å². The van der Waals surface area contributed by atoms with Crippen molar-refractivity contribution in [2.24, 2.45) is 0 Å². The van der Waals surface area contributed by atoms with E-state index in [4.69, 9.17) is 4.74 Å². The van der Waals surface area contributed by atoms with Crippen LogP contribution in [0.15, 0.2) is 78.2 Å². The predicted octanol–water partition coefficient (Wildman–Crippen LogP) is 4.21. The van der Waals surface area contributed by atoms with Gasteiger partial charge >= 0.3 is 0 Å². The summed E-state index contributed by atoms with van der Waals surface area (Å²) in [5, 5.41) is 11.8. The topological polar surface area (TPSA) is 81.9 Å². The lowest BCUT2D eigenvalue weighted by molar-refractivity contribution is -0.113. The molecule has 31 heavy (non-hydrogen) atoms. The van der Waals surface area contributed by atoms with E-state index in [2.05, 4.69) is 20.5 Å². The minimum Gasteiger partial charge on any atom is -0.497 e. The number of carbonyl (C=O) groups excluding carboxylic acids is 1. The van der Waals surface area contributed by atoms with Crippen LogP contribution in [0.1, 0.15) is 0 Å². The lowest BCUT2D eigenvalue weighted by Gasteiger charge is -2.11. The first kappa shape index (κ1) is 20.5. The van der Waals surface area contributed by atoms with E-state index in [0.717, 1.165) is 11.3 Å². The molecular weight excluding hydrogens is 417 g/mol. The predicted molar refractivity (Wildman–Crippen MR) is 117 cm³/mol. The summed E-state index contributed by atoms with van der Waals surface area (Å²) in [5.41, 5.74) is 2.03. The van der Waals surface area contributed by atoms with Gasteiger partial charge in [-0.1, -0.05) is 23.9 Å². The molecule has 1 N–H and O–H groups in total. The number of hydrogen-bond acceptors (Lipinski definition) is 6. The number of benzene rings is 2. The first-order valence-corrected chi connectivity index (χ1v) is 10.3. The highest BCUT2D eigenvalue weighted by molar-refractivity contribution is 7.99. The summed E-state index contributed by atoms with van der Waals surface area (Å²) < 4.78 is 20.5. The number of rotatable bonds is 7. The fourth-order valence-corrected chi connectivity index (χ4v) is 3.68. The van der Waals surface area contributed by atoms with Gasteiger partial charge in [-0.2, -0.15) is 0 Å². The van der Waals surface area contributed by atoms with E-state index in [1.807, 2.05) is 41.0 Å². The molecule has 0 unspecified atom stereocenters. The standard InChI is InChI=1S/C22H18FN5O2S/c1-30-19-7-3-6-18(13-19)28-21(15-8-10-24-11-9-15)26-27-22(28)31-14-20(29)25-17-5-2-4-16(23)12-17/h2-13H,14H2,1H3,(H,25,29). The Hall–Kier alpha value is -3.72. The number of halogens is 1. The Labute approximate surface area is 182 Å². The number of hydrogen-bond donors (Lipinski definition) is 1. The maximum Gasteiger partial charge on any atom is 0.234 e. The molecule has 0 aliphatic carbocycles. The van der Waals surface area contributed by atoms with E-state index in [-0.39, 0.29) is 11.7 Å². The normalized spacial score (nSPS) is 10.6. The summed E-state index contributed by atoms with van der Waals surface area (Å²) in [4.78, 5) is 16.4. The number of nitrogens with zero attached hydrogens (tertiary/aromatic N) is 4. The van der Waals surface area contributed by atoms with Gasteiger partial charge < -0.3 is 10.1 Å². The smallest absolute Gasteiger partial charge is 0.234 e. The second kappa shape index (κ2) is 9.40. The van der Waals surface area contributed by atoms with Gasteiger partial charge in [0, 0.05) is 29.7 Å². The summed E-state index contributed by atoms with van der Waals surface area (Å²) in [6.07, 6.45) is 3.36. The second-order valence-electron chi connectivity index (χ2n) is 6.43. The van der Waals surface area contributed by atoms with Crippen LogP contribution < -0.4 is 10.1 Å². The number of aromatic nitrogens is 4. The Morgan fingerprint density at radius 2 is 1.90 bits per heavy atom. The van der Waals surface area contributed by atoms with Crippen molar-refractivity contribution in [3.8, 4) is 22.8 Å². The SMILES string of the molecule is COc1cccc(-n2c(SCC(=O)Nc3cccc(F)c3)nnc2-c2ccncc2)c1. The number of nitrogens with one attached hydrogen (secondary N) is 1.